The molecule has 1 rings (SSSR count). The van der Waals surface area contributed by atoms with Gasteiger partial charge in [0.2, 0.25) is 0 Å². The number of unbranched alkanes of at least 4 members (excludes halogenated alkanes) is 2. The highest BCUT2D eigenvalue weighted by atomic mass is 16.5. The number of nitriles is 2. The van der Waals surface area contributed by atoms with Crippen LogP contribution in [0.2, 0.25) is 0 Å². The van der Waals surface area contributed by atoms with Gasteiger partial charge in [0.15, 0.2) is 11.5 Å². The van der Waals surface area contributed by atoms with Gasteiger partial charge in [0, 0.05) is 12.1 Å². The molecule has 0 radical (unpaired) electrons. The number of rotatable bonds is 12. The van der Waals surface area contributed by atoms with Crippen molar-refractivity contribution < 1.29 is 9.47 Å². The highest BCUT2D eigenvalue weighted by Gasteiger charge is 2.18. The maximum absolute atomic E-state index is 9.34. The molecule has 142 valence electrons. The fraction of sp³-hybridized carbons (Fsp3) is 0.636. The summed E-state index contributed by atoms with van der Waals surface area (Å²) < 4.78 is 12.4. The third-order valence-electron chi connectivity index (χ3n) is 4.58. The second-order valence-electron chi connectivity index (χ2n) is 6.65. The normalized spacial score (nSPS) is 12.7. The Morgan fingerprint density at radius 2 is 1.15 bits per heavy atom. The van der Waals surface area contributed by atoms with Gasteiger partial charge in [-0.1, -0.05) is 53.4 Å². The smallest absolute Gasteiger partial charge is 0.163 e. The van der Waals surface area contributed by atoms with E-state index in [4.69, 9.17) is 9.47 Å². The van der Waals surface area contributed by atoms with E-state index in [0.717, 1.165) is 51.4 Å². The summed E-state index contributed by atoms with van der Waals surface area (Å²) in [7, 11) is 0. The van der Waals surface area contributed by atoms with Crippen LogP contribution in [0.1, 0.15) is 90.2 Å². The number of nitrogens with zero attached hydrogens (tertiary/aromatic N) is 2. The summed E-state index contributed by atoms with van der Waals surface area (Å²) in [4.78, 5) is 0. The first kappa shape index (κ1) is 21.8. The lowest BCUT2D eigenvalue weighted by molar-refractivity contribution is 0.147. The molecule has 0 saturated heterocycles. The molecule has 0 spiro atoms. The number of benzene rings is 1. The first-order chi connectivity index (χ1) is 12.6. The summed E-state index contributed by atoms with van der Waals surface area (Å²) in [5, 5.41) is 18.7. The first-order valence-electron chi connectivity index (χ1n) is 9.94. The monoisotopic (exact) mass is 356 g/mol. The van der Waals surface area contributed by atoms with E-state index in [9.17, 15) is 10.5 Å². The van der Waals surface area contributed by atoms with Crippen LogP contribution in [0.5, 0.6) is 11.5 Å². The second-order valence-corrected chi connectivity index (χ2v) is 6.65. The average molecular weight is 357 g/mol. The molecule has 0 fully saturated rings. The Balaban J connectivity index is 3.15. The van der Waals surface area contributed by atoms with Gasteiger partial charge < -0.3 is 9.47 Å². The molecule has 0 saturated carbocycles. The minimum absolute atomic E-state index is 0.0903. The van der Waals surface area contributed by atoms with E-state index < -0.39 is 0 Å². The Hall–Kier alpha value is -2.20. The summed E-state index contributed by atoms with van der Waals surface area (Å²) in [6.07, 6.45) is 8.36. The van der Waals surface area contributed by atoms with Crippen LogP contribution in [-0.4, -0.2) is 12.2 Å². The lowest BCUT2D eigenvalue weighted by Crippen LogP contribution is -2.19. The van der Waals surface area contributed by atoms with Crippen molar-refractivity contribution in [3.05, 3.63) is 23.3 Å². The molecule has 0 aliphatic carbocycles. The molecule has 0 amide bonds. The van der Waals surface area contributed by atoms with Gasteiger partial charge >= 0.3 is 0 Å². The van der Waals surface area contributed by atoms with Crippen molar-refractivity contribution in [2.45, 2.75) is 91.3 Å². The minimum Gasteiger partial charge on any atom is -0.487 e. The first-order valence-corrected chi connectivity index (χ1v) is 9.94. The Morgan fingerprint density at radius 3 is 1.42 bits per heavy atom. The molecule has 0 aliphatic rings. The van der Waals surface area contributed by atoms with Crippen LogP contribution < -0.4 is 9.47 Å². The molecule has 4 heteroatoms. The number of ether oxygens (including phenoxy) is 2. The zero-order chi connectivity index (χ0) is 19.4. The maximum atomic E-state index is 9.34. The van der Waals surface area contributed by atoms with Crippen molar-refractivity contribution in [1.82, 2.24) is 0 Å². The quantitative estimate of drug-likeness (QED) is 0.452. The van der Waals surface area contributed by atoms with Crippen molar-refractivity contribution in [2.24, 2.45) is 0 Å². The third-order valence-corrected chi connectivity index (χ3v) is 4.58. The van der Waals surface area contributed by atoms with E-state index in [-0.39, 0.29) is 12.2 Å². The topological polar surface area (TPSA) is 66.0 Å². The highest BCUT2D eigenvalue weighted by Crippen LogP contribution is 2.34. The standard InChI is InChI=1S/C22H32N2O2/c1-5-9-11-19(7-3)25-21-13-17(15-23)18(16-24)14-22(21)26-20(8-4)12-10-6-2/h13-14,19-20H,5-12H2,1-4H3. The summed E-state index contributed by atoms with van der Waals surface area (Å²) in [5.41, 5.74) is 0.670. The Kier molecular flexibility index (Phi) is 10.3. The molecular weight excluding hydrogens is 324 g/mol. The van der Waals surface area contributed by atoms with Gasteiger partial charge in [-0.15, -0.1) is 0 Å². The van der Waals surface area contributed by atoms with Crippen molar-refractivity contribution in [1.29, 1.82) is 10.5 Å². The molecule has 4 nitrogen and oxygen atoms in total. The Labute approximate surface area is 158 Å². The van der Waals surface area contributed by atoms with E-state index in [0.29, 0.717) is 22.6 Å². The fourth-order valence-corrected chi connectivity index (χ4v) is 2.84. The van der Waals surface area contributed by atoms with Crippen LogP contribution >= 0.6 is 0 Å². The molecule has 26 heavy (non-hydrogen) atoms. The molecule has 0 heterocycles. The van der Waals surface area contributed by atoms with Gasteiger partial charge in [-0.25, -0.2) is 0 Å². The van der Waals surface area contributed by atoms with Gasteiger partial charge in [0.25, 0.3) is 0 Å². The van der Waals surface area contributed by atoms with Crippen LogP contribution in [0.25, 0.3) is 0 Å². The van der Waals surface area contributed by atoms with Crippen molar-refractivity contribution in [2.75, 3.05) is 0 Å². The summed E-state index contributed by atoms with van der Waals surface area (Å²) in [6, 6.07) is 7.51. The van der Waals surface area contributed by atoms with Crippen molar-refractivity contribution in [3.63, 3.8) is 0 Å². The number of hydrogen-bond acceptors (Lipinski definition) is 4. The van der Waals surface area contributed by atoms with E-state index >= 15 is 0 Å². The van der Waals surface area contributed by atoms with Gasteiger partial charge in [-0.3, -0.25) is 0 Å². The van der Waals surface area contributed by atoms with E-state index in [1.54, 1.807) is 12.1 Å². The molecule has 0 aliphatic heterocycles. The van der Waals surface area contributed by atoms with Crippen LogP contribution in [0, 0.1) is 22.7 Å². The molecule has 2 atom stereocenters. The number of hydrogen-bond donors (Lipinski definition) is 0. The largest absolute Gasteiger partial charge is 0.487 e. The molecule has 0 aromatic heterocycles. The maximum Gasteiger partial charge on any atom is 0.163 e. The molecule has 0 N–H and O–H groups in total. The highest BCUT2D eigenvalue weighted by molar-refractivity contribution is 5.56. The predicted octanol–water partition coefficient (Wildman–Crippen LogP) is 6.13. The second kappa shape index (κ2) is 12.2. The van der Waals surface area contributed by atoms with Crippen LogP contribution in [-0.2, 0) is 0 Å². The SMILES string of the molecule is CCCCC(CC)Oc1cc(C#N)c(C#N)cc1OC(CC)CCCC. The molecule has 0 bridgehead atoms. The lowest BCUT2D eigenvalue weighted by atomic mass is 10.1. The van der Waals surface area contributed by atoms with Gasteiger partial charge in [0.05, 0.1) is 23.3 Å². The predicted molar refractivity (Wildman–Crippen MR) is 104 cm³/mol. The third kappa shape index (κ3) is 6.60. The summed E-state index contributed by atoms with van der Waals surface area (Å²) in [6.45, 7) is 8.53. The molecular formula is C22H32N2O2. The minimum atomic E-state index is 0.0903. The fourth-order valence-electron chi connectivity index (χ4n) is 2.84. The average Bonchev–Trinajstić information content (AvgIpc) is 2.68. The summed E-state index contributed by atoms with van der Waals surface area (Å²) >= 11 is 0. The zero-order valence-electron chi connectivity index (χ0n) is 16.7. The van der Waals surface area contributed by atoms with Crippen molar-refractivity contribution in [3.8, 4) is 23.6 Å². The van der Waals surface area contributed by atoms with Crippen LogP contribution in [0.3, 0.4) is 0 Å². The zero-order valence-corrected chi connectivity index (χ0v) is 16.7. The lowest BCUT2D eigenvalue weighted by Gasteiger charge is -2.23. The van der Waals surface area contributed by atoms with Gasteiger partial charge in [-0.05, 0) is 25.7 Å². The van der Waals surface area contributed by atoms with Crippen LogP contribution in [0.15, 0.2) is 12.1 Å². The Bertz CT molecular complexity index is 573. The van der Waals surface area contributed by atoms with Gasteiger partial charge in [-0.2, -0.15) is 10.5 Å². The van der Waals surface area contributed by atoms with E-state index in [2.05, 4.69) is 39.8 Å². The van der Waals surface area contributed by atoms with E-state index in [1.807, 2.05) is 0 Å². The van der Waals surface area contributed by atoms with Crippen molar-refractivity contribution >= 4 is 0 Å². The van der Waals surface area contributed by atoms with Crippen LogP contribution in [0.4, 0.5) is 0 Å². The Morgan fingerprint density at radius 1 is 0.769 bits per heavy atom. The van der Waals surface area contributed by atoms with Gasteiger partial charge in [0.1, 0.15) is 12.1 Å². The molecule has 2 unspecified atom stereocenters. The van der Waals surface area contributed by atoms with E-state index in [1.165, 1.54) is 0 Å². The summed E-state index contributed by atoms with van der Waals surface area (Å²) in [5.74, 6) is 1.16. The molecule has 1 aromatic carbocycles. The molecule has 1 aromatic rings.